The van der Waals surface area contributed by atoms with E-state index in [0.717, 1.165) is 26.2 Å². The van der Waals surface area contributed by atoms with Crippen LogP contribution in [0.1, 0.15) is 84.2 Å². The van der Waals surface area contributed by atoms with Gasteiger partial charge in [-0.1, -0.05) is 91.8 Å². The summed E-state index contributed by atoms with van der Waals surface area (Å²) >= 11 is 0. The molecule has 1 aliphatic rings. The molecule has 0 aliphatic heterocycles. The maximum absolute atomic E-state index is 11.5. The first-order valence-electron chi connectivity index (χ1n) is 11.5. The molecule has 1 aliphatic carbocycles. The molecule has 1 fully saturated rings. The number of Topliss-reactive ketones (excluding diaryl/α,β-unsaturated/α-hetero) is 1. The molecule has 34 heavy (non-hydrogen) atoms. The largest absolute Gasteiger partial charge is 0.400 e. The van der Waals surface area contributed by atoms with Crippen LogP contribution in [0.5, 0.6) is 0 Å². The Balaban J connectivity index is -0.0000000586. The minimum atomic E-state index is 0. The standard InChI is InChI=1S/C11H11O.C7H5O.4C2H6.2CH4O.2Y/c12-11(8-9-6-7-9)10-4-2-1-3-5-10;8-6-7-4-2-1-3-5-7;6*1-2;;/h1-6,9H,7-8H2;1-5H;4*1-2H3;2*2H,1H3;;/q2*-1;;;;;;;;. The quantitative estimate of drug-likeness (QED) is 0.285. The van der Waals surface area contributed by atoms with Crippen molar-refractivity contribution >= 4 is 12.1 Å². The predicted molar refractivity (Wildman–Crippen MR) is 141 cm³/mol. The molecule has 2 radical (unpaired) electrons. The number of rotatable bonds is 4. The Bertz CT molecular complexity index is 561. The molecular weight excluding hydrogens is 578 g/mol. The summed E-state index contributed by atoms with van der Waals surface area (Å²) < 4.78 is 0. The SMILES string of the molecule is CC.CC.CC.CC.CO.CO.O=C(CC1[CH-]C1)c1ccccc1.O=[C-]c1ccccc1.[Y].[Y]. The minimum Gasteiger partial charge on any atom is -0.400 e. The molecule has 1 unspecified atom stereocenters. The van der Waals surface area contributed by atoms with Gasteiger partial charge in [0.1, 0.15) is 0 Å². The van der Waals surface area contributed by atoms with Crippen LogP contribution in [0.3, 0.4) is 0 Å². The third-order valence-electron chi connectivity index (χ3n) is 3.00. The van der Waals surface area contributed by atoms with Gasteiger partial charge in [0.05, 0.1) is 6.29 Å². The summed E-state index contributed by atoms with van der Waals surface area (Å²) in [6.07, 6.45) is 5.78. The van der Waals surface area contributed by atoms with Gasteiger partial charge < -0.3 is 21.4 Å². The number of hydrogen-bond donors (Lipinski definition) is 2. The van der Waals surface area contributed by atoms with E-state index in [4.69, 9.17) is 10.2 Å². The zero-order valence-electron chi connectivity index (χ0n) is 23.2. The van der Waals surface area contributed by atoms with E-state index in [2.05, 4.69) is 6.42 Å². The van der Waals surface area contributed by atoms with Crippen LogP contribution in [0.25, 0.3) is 0 Å². The van der Waals surface area contributed by atoms with Crippen LogP contribution in [0.4, 0.5) is 0 Å². The van der Waals surface area contributed by atoms with Gasteiger partial charge in [0.25, 0.3) is 0 Å². The molecule has 0 saturated heterocycles. The van der Waals surface area contributed by atoms with Crippen molar-refractivity contribution in [1.29, 1.82) is 0 Å². The average Bonchev–Trinajstić information content (AvgIpc) is 3.76. The van der Waals surface area contributed by atoms with Crippen molar-refractivity contribution in [2.75, 3.05) is 14.2 Å². The Labute approximate surface area is 261 Å². The van der Waals surface area contributed by atoms with Gasteiger partial charge in [-0.2, -0.15) is 23.6 Å². The summed E-state index contributed by atoms with van der Waals surface area (Å²) in [4.78, 5) is 21.4. The molecule has 0 aromatic heterocycles. The topological polar surface area (TPSA) is 74.6 Å². The Morgan fingerprint density at radius 1 is 0.765 bits per heavy atom. The molecule has 0 spiro atoms. The molecule has 192 valence electrons. The average molecular weight is 627 g/mol. The molecule has 0 heterocycles. The first-order chi connectivity index (χ1) is 15.8. The number of ketones is 1. The third-order valence-corrected chi connectivity index (χ3v) is 3.00. The van der Waals surface area contributed by atoms with Crippen LogP contribution in [0, 0.1) is 12.3 Å². The normalized spacial score (nSPS) is 10.3. The molecule has 2 aromatic carbocycles. The van der Waals surface area contributed by atoms with Gasteiger partial charge in [-0.3, -0.25) is 4.79 Å². The van der Waals surface area contributed by atoms with E-state index in [1.807, 2.05) is 91.8 Å². The number of carbonyl (C=O) groups excluding carboxylic acids is 2. The third kappa shape index (κ3) is 36.5. The van der Waals surface area contributed by atoms with Crippen LogP contribution in [0.2, 0.25) is 0 Å². The first kappa shape index (κ1) is 50.7. The Morgan fingerprint density at radius 2 is 1.09 bits per heavy atom. The van der Waals surface area contributed by atoms with Gasteiger partial charge in [-0.15, -0.1) is 12.1 Å². The smallest absolute Gasteiger partial charge is 0.160 e. The Morgan fingerprint density at radius 3 is 1.35 bits per heavy atom. The molecule has 2 aromatic rings. The van der Waals surface area contributed by atoms with Gasteiger partial charge in [-0.25, -0.2) is 6.42 Å². The zero-order chi connectivity index (χ0) is 26.2. The summed E-state index contributed by atoms with van der Waals surface area (Å²) in [6.45, 7) is 16.0. The number of hydrogen-bond acceptors (Lipinski definition) is 4. The maximum Gasteiger partial charge on any atom is 0.160 e. The summed E-state index contributed by atoms with van der Waals surface area (Å²) in [7, 11) is 2.00. The molecule has 1 saturated carbocycles. The predicted octanol–water partition coefficient (Wildman–Crippen LogP) is 6.94. The molecule has 0 amide bonds. The van der Waals surface area contributed by atoms with Crippen LogP contribution in [0.15, 0.2) is 60.7 Å². The zero-order valence-corrected chi connectivity index (χ0v) is 28.9. The molecule has 0 bridgehead atoms. The number of aliphatic hydroxyl groups is 2. The monoisotopic (exact) mass is 626 g/mol. The van der Waals surface area contributed by atoms with E-state index in [0.29, 0.717) is 17.9 Å². The van der Waals surface area contributed by atoms with Crippen LogP contribution >= 0.6 is 0 Å². The van der Waals surface area contributed by atoms with Gasteiger partial charge in [0, 0.05) is 85.2 Å². The van der Waals surface area contributed by atoms with Crippen molar-refractivity contribution in [2.45, 2.75) is 68.2 Å². The van der Waals surface area contributed by atoms with E-state index in [1.165, 1.54) is 0 Å². The summed E-state index contributed by atoms with van der Waals surface area (Å²) in [5, 5.41) is 14.0. The number of benzene rings is 2. The maximum atomic E-state index is 11.5. The van der Waals surface area contributed by atoms with Crippen LogP contribution in [-0.2, 0) is 70.2 Å². The fourth-order valence-electron chi connectivity index (χ4n) is 1.75. The molecule has 2 N–H and O–H groups in total. The van der Waals surface area contributed by atoms with Gasteiger partial charge in [0.2, 0.25) is 0 Å². The van der Waals surface area contributed by atoms with Crippen molar-refractivity contribution in [3.8, 4) is 0 Å². The molecule has 1 atom stereocenters. The van der Waals surface area contributed by atoms with Gasteiger partial charge >= 0.3 is 0 Å². The van der Waals surface area contributed by atoms with Gasteiger partial charge in [0.15, 0.2) is 5.78 Å². The number of carbonyl (C=O) groups is 1. The second-order valence-corrected chi connectivity index (χ2v) is 4.69. The fraction of sp³-hybridized carbons (Fsp3) is 0.464. The van der Waals surface area contributed by atoms with E-state index in [-0.39, 0.29) is 71.2 Å². The van der Waals surface area contributed by atoms with E-state index >= 15 is 0 Å². The summed E-state index contributed by atoms with van der Waals surface area (Å²) in [5.41, 5.74) is 1.45. The Hall–Kier alpha value is -0.0922. The van der Waals surface area contributed by atoms with Crippen molar-refractivity contribution in [2.24, 2.45) is 5.92 Å². The van der Waals surface area contributed by atoms with E-state index in [1.54, 1.807) is 30.6 Å². The second-order valence-electron chi connectivity index (χ2n) is 4.69. The molecule has 6 heteroatoms. The fourth-order valence-corrected chi connectivity index (χ4v) is 1.75. The molecular formula is C28H48O4Y2-2. The van der Waals surface area contributed by atoms with Gasteiger partial charge in [-0.05, 0) is 6.42 Å². The number of aliphatic hydroxyl groups excluding tert-OH is 2. The summed E-state index contributed by atoms with van der Waals surface area (Å²) in [6, 6.07) is 18.4. The molecule has 4 nitrogen and oxygen atoms in total. The van der Waals surface area contributed by atoms with Crippen LogP contribution in [-0.4, -0.2) is 36.5 Å². The van der Waals surface area contributed by atoms with Crippen molar-refractivity contribution in [3.63, 3.8) is 0 Å². The molecule has 3 rings (SSSR count). The van der Waals surface area contributed by atoms with Crippen molar-refractivity contribution < 1.29 is 85.2 Å². The Kier molecular flexibility index (Phi) is 74.5. The minimum absolute atomic E-state index is 0. The first-order valence-corrected chi connectivity index (χ1v) is 11.5. The van der Waals surface area contributed by atoms with E-state index < -0.39 is 0 Å². The summed E-state index contributed by atoms with van der Waals surface area (Å²) in [5.74, 6) is 0.840. The van der Waals surface area contributed by atoms with Crippen molar-refractivity contribution in [3.05, 3.63) is 78.2 Å². The van der Waals surface area contributed by atoms with Crippen LogP contribution < -0.4 is 0 Å². The second kappa shape index (κ2) is 49.9. The van der Waals surface area contributed by atoms with E-state index in [9.17, 15) is 9.59 Å². The van der Waals surface area contributed by atoms with Crippen molar-refractivity contribution in [1.82, 2.24) is 0 Å².